The first-order chi connectivity index (χ1) is 12.2. The third kappa shape index (κ3) is 3.35. The first-order valence-corrected chi connectivity index (χ1v) is 9.09. The number of rotatable bonds is 3. The van der Waals surface area contributed by atoms with Crippen molar-refractivity contribution in [3.05, 3.63) is 58.6 Å². The van der Waals surface area contributed by atoms with Crippen molar-refractivity contribution in [2.45, 2.75) is 12.8 Å². The van der Waals surface area contributed by atoms with E-state index in [9.17, 15) is 4.79 Å². The summed E-state index contributed by atoms with van der Waals surface area (Å²) in [5.41, 5.74) is 2.20. The molecule has 1 amide bonds. The van der Waals surface area contributed by atoms with Crippen LogP contribution in [0.1, 0.15) is 23.2 Å². The number of hydrogen-bond acceptors (Lipinski definition) is 4. The number of benzene rings is 2. The number of aromatic nitrogens is 2. The smallest absolute Gasteiger partial charge is 0.256 e. The van der Waals surface area contributed by atoms with E-state index in [0.29, 0.717) is 11.4 Å². The second-order valence-corrected chi connectivity index (χ2v) is 6.96. The zero-order valence-electron chi connectivity index (χ0n) is 13.6. The zero-order chi connectivity index (χ0) is 17.2. The second-order valence-electron chi connectivity index (χ2n) is 6.04. The van der Waals surface area contributed by atoms with Crippen LogP contribution in [0.5, 0.6) is 0 Å². The van der Waals surface area contributed by atoms with Gasteiger partial charge < -0.3 is 10.2 Å². The van der Waals surface area contributed by atoms with E-state index in [1.54, 1.807) is 12.1 Å². The van der Waals surface area contributed by atoms with Crippen molar-refractivity contribution in [1.82, 2.24) is 9.97 Å². The first kappa shape index (κ1) is 16.0. The molecule has 1 aromatic heterocycles. The number of para-hydroxylation sites is 2. The molecule has 25 heavy (non-hydrogen) atoms. The Morgan fingerprint density at radius 3 is 2.28 bits per heavy atom. The molecule has 5 nitrogen and oxygen atoms in total. The minimum Gasteiger partial charge on any atom is -0.354 e. The van der Waals surface area contributed by atoms with Gasteiger partial charge in [0, 0.05) is 23.1 Å². The number of amides is 1. The van der Waals surface area contributed by atoms with E-state index >= 15 is 0 Å². The molecule has 126 valence electrons. The quantitative estimate of drug-likeness (QED) is 0.718. The van der Waals surface area contributed by atoms with Crippen LogP contribution < -0.4 is 10.2 Å². The summed E-state index contributed by atoms with van der Waals surface area (Å²) in [6, 6.07) is 15.0. The van der Waals surface area contributed by atoms with E-state index in [-0.39, 0.29) is 5.91 Å². The summed E-state index contributed by atoms with van der Waals surface area (Å²) in [5.74, 6) is 1.09. The molecule has 0 saturated carbocycles. The Balaban J connectivity index is 1.72. The van der Waals surface area contributed by atoms with Crippen LogP contribution in [0, 0.1) is 0 Å². The second kappa shape index (κ2) is 6.80. The fraction of sp³-hybridized carbons (Fsp3) is 0.211. The number of hydrogen-bond donors (Lipinski definition) is 1. The molecule has 1 aliphatic heterocycles. The van der Waals surface area contributed by atoms with E-state index in [1.165, 1.54) is 0 Å². The van der Waals surface area contributed by atoms with Gasteiger partial charge in [0.2, 0.25) is 0 Å². The lowest BCUT2D eigenvalue weighted by atomic mass is 10.2. The third-order valence-electron chi connectivity index (χ3n) is 4.30. The number of nitrogens with zero attached hydrogens (tertiary/aromatic N) is 3. The summed E-state index contributed by atoms with van der Waals surface area (Å²) < 4.78 is 0.937. The standard InChI is InChI=1S/C19H17BrN4O/c20-14-9-7-13(8-10-14)19(25)23-17-18(24-11-3-4-12-24)22-16-6-2-1-5-15(16)21-17/h1-2,5-10H,3-4,11-12H2,(H,21,23,25). The van der Waals surface area contributed by atoms with Crippen LogP contribution in [0.3, 0.4) is 0 Å². The monoisotopic (exact) mass is 396 g/mol. The Morgan fingerprint density at radius 2 is 1.60 bits per heavy atom. The van der Waals surface area contributed by atoms with Gasteiger partial charge in [0.15, 0.2) is 11.6 Å². The van der Waals surface area contributed by atoms with Gasteiger partial charge in [-0.25, -0.2) is 9.97 Å². The summed E-state index contributed by atoms with van der Waals surface area (Å²) in [7, 11) is 0. The normalized spacial score (nSPS) is 14.0. The molecule has 1 aliphatic rings. The molecule has 1 saturated heterocycles. The molecule has 0 spiro atoms. The van der Waals surface area contributed by atoms with Gasteiger partial charge in [-0.15, -0.1) is 0 Å². The van der Waals surface area contributed by atoms with E-state index in [2.05, 4.69) is 31.1 Å². The predicted molar refractivity (Wildman–Crippen MR) is 103 cm³/mol. The topological polar surface area (TPSA) is 58.1 Å². The summed E-state index contributed by atoms with van der Waals surface area (Å²) in [5, 5.41) is 2.95. The van der Waals surface area contributed by atoms with E-state index in [4.69, 9.17) is 4.98 Å². The van der Waals surface area contributed by atoms with Gasteiger partial charge in [0.1, 0.15) is 0 Å². The van der Waals surface area contributed by atoms with Gasteiger partial charge in [0.05, 0.1) is 11.0 Å². The molecule has 0 bridgehead atoms. The predicted octanol–water partition coefficient (Wildman–Crippen LogP) is 4.24. The fourth-order valence-corrected chi connectivity index (χ4v) is 3.27. The van der Waals surface area contributed by atoms with Crippen molar-refractivity contribution in [1.29, 1.82) is 0 Å². The van der Waals surface area contributed by atoms with Crippen molar-refractivity contribution >= 4 is 44.5 Å². The molecule has 1 N–H and O–H groups in total. The van der Waals surface area contributed by atoms with Crippen LogP contribution >= 0.6 is 15.9 Å². The van der Waals surface area contributed by atoms with Gasteiger partial charge in [-0.1, -0.05) is 28.1 Å². The van der Waals surface area contributed by atoms with E-state index in [0.717, 1.165) is 47.3 Å². The molecule has 0 aliphatic carbocycles. The summed E-state index contributed by atoms with van der Waals surface area (Å²) >= 11 is 3.38. The Morgan fingerprint density at radius 1 is 0.960 bits per heavy atom. The molecule has 0 unspecified atom stereocenters. The Bertz CT molecular complexity index is 920. The van der Waals surface area contributed by atoms with Crippen molar-refractivity contribution in [2.75, 3.05) is 23.3 Å². The molecule has 1 fully saturated rings. The minimum absolute atomic E-state index is 0.183. The van der Waals surface area contributed by atoms with Crippen LogP contribution in [0.4, 0.5) is 11.6 Å². The van der Waals surface area contributed by atoms with Gasteiger partial charge in [-0.2, -0.15) is 0 Å². The van der Waals surface area contributed by atoms with Crippen molar-refractivity contribution in [3.8, 4) is 0 Å². The SMILES string of the molecule is O=C(Nc1nc2ccccc2nc1N1CCCC1)c1ccc(Br)cc1. The van der Waals surface area contributed by atoms with Crippen LogP contribution in [0.2, 0.25) is 0 Å². The number of halogens is 1. The van der Waals surface area contributed by atoms with Crippen LogP contribution in [0.15, 0.2) is 53.0 Å². The van der Waals surface area contributed by atoms with Crippen LogP contribution in [0.25, 0.3) is 11.0 Å². The van der Waals surface area contributed by atoms with Gasteiger partial charge in [-0.3, -0.25) is 4.79 Å². The van der Waals surface area contributed by atoms with E-state index < -0.39 is 0 Å². The molecule has 6 heteroatoms. The fourth-order valence-electron chi connectivity index (χ4n) is 3.00. The molecular weight excluding hydrogens is 380 g/mol. The number of carbonyl (C=O) groups is 1. The highest BCUT2D eigenvalue weighted by Crippen LogP contribution is 2.28. The first-order valence-electron chi connectivity index (χ1n) is 8.29. The summed E-state index contributed by atoms with van der Waals surface area (Å²) in [4.78, 5) is 24.2. The minimum atomic E-state index is -0.183. The molecule has 3 aromatic rings. The van der Waals surface area contributed by atoms with Gasteiger partial charge in [0.25, 0.3) is 5.91 Å². The van der Waals surface area contributed by atoms with E-state index in [1.807, 2.05) is 36.4 Å². The molecular formula is C19H17BrN4O. The van der Waals surface area contributed by atoms with Crippen LogP contribution in [-0.2, 0) is 0 Å². The highest BCUT2D eigenvalue weighted by molar-refractivity contribution is 9.10. The lowest BCUT2D eigenvalue weighted by Crippen LogP contribution is -2.23. The summed E-state index contributed by atoms with van der Waals surface area (Å²) in [6.07, 6.45) is 2.27. The molecule has 4 rings (SSSR count). The lowest BCUT2D eigenvalue weighted by molar-refractivity contribution is 0.102. The average molecular weight is 397 g/mol. The number of nitrogens with one attached hydrogen (secondary N) is 1. The Kier molecular flexibility index (Phi) is 4.36. The molecule has 0 atom stereocenters. The Labute approximate surface area is 154 Å². The van der Waals surface area contributed by atoms with Crippen molar-refractivity contribution < 1.29 is 4.79 Å². The molecule has 2 heterocycles. The number of fused-ring (bicyclic) bond motifs is 1. The zero-order valence-corrected chi connectivity index (χ0v) is 15.2. The van der Waals surface area contributed by atoms with Gasteiger partial charge >= 0.3 is 0 Å². The number of carbonyl (C=O) groups excluding carboxylic acids is 1. The highest BCUT2D eigenvalue weighted by Gasteiger charge is 2.21. The van der Waals surface area contributed by atoms with Crippen molar-refractivity contribution in [3.63, 3.8) is 0 Å². The summed E-state index contributed by atoms with van der Waals surface area (Å²) in [6.45, 7) is 1.88. The van der Waals surface area contributed by atoms with Gasteiger partial charge in [-0.05, 0) is 49.2 Å². The van der Waals surface area contributed by atoms with Crippen molar-refractivity contribution in [2.24, 2.45) is 0 Å². The average Bonchev–Trinajstić information content (AvgIpc) is 3.16. The maximum atomic E-state index is 12.6. The lowest BCUT2D eigenvalue weighted by Gasteiger charge is -2.20. The third-order valence-corrected chi connectivity index (χ3v) is 4.82. The molecule has 0 radical (unpaired) electrons. The maximum absolute atomic E-state index is 12.6. The number of anilines is 2. The largest absolute Gasteiger partial charge is 0.354 e. The molecule has 2 aromatic carbocycles. The highest BCUT2D eigenvalue weighted by atomic mass is 79.9. The Hall–Kier alpha value is -2.47. The maximum Gasteiger partial charge on any atom is 0.256 e. The van der Waals surface area contributed by atoms with Crippen LogP contribution in [-0.4, -0.2) is 29.0 Å².